The Labute approximate surface area is 127 Å². The molecule has 0 spiro atoms. The van der Waals surface area contributed by atoms with Crippen LogP contribution >= 0.6 is 0 Å². The Balaban J connectivity index is 1.75. The summed E-state index contributed by atoms with van der Waals surface area (Å²) in [6, 6.07) is 5.36. The summed E-state index contributed by atoms with van der Waals surface area (Å²) in [5.41, 5.74) is 0.936. The van der Waals surface area contributed by atoms with Crippen molar-refractivity contribution in [3.8, 4) is 11.5 Å². The number of carbonyl (C=O) groups excluding carboxylic acids is 1. The molecule has 2 heterocycles. The molecule has 1 N–H and O–H groups in total. The van der Waals surface area contributed by atoms with E-state index >= 15 is 0 Å². The molecule has 0 aliphatic carbocycles. The molecule has 2 amide bonds. The summed E-state index contributed by atoms with van der Waals surface area (Å²) >= 11 is 0. The fraction of sp³-hybridized carbons (Fsp3) is 0.357. The predicted molar refractivity (Wildman–Crippen MR) is 78.9 cm³/mol. The van der Waals surface area contributed by atoms with E-state index in [2.05, 4.69) is 15.4 Å². The number of rotatable bonds is 2. The summed E-state index contributed by atoms with van der Waals surface area (Å²) in [4.78, 5) is 18.0. The number of urea groups is 1. The smallest absolute Gasteiger partial charge is 0.324 e. The maximum absolute atomic E-state index is 12.4. The maximum atomic E-state index is 12.4. The lowest BCUT2D eigenvalue weighted by molar-refractivity contribution is 0.200. The molecule has 0 unspecified atom stereocenters. The molecule has 8 nitrogen and oxygen atoms in total. The van der Waals surface area contributed by atoms with Gasteiger partial charge in [-0.3, -0.25) is 5.32 Å². The summed E-state index contributed by atoms with van der Waals surface area (Å²) in [5.74, 6) is 1.88. The second kappa shape index (κ2) is 5.92. The number of aryl methyl sites for hydroxylation is 1. The summed E-state index contributed by atoms with van der Waals surface area (Å²) in [5, 5.41) is 6.66. The zero-order chi connectivity index (χ0) is 15.5. The number of anilines is 1. The molecule has 3 rings (SSSR count). The van der Waals surface area contributed by atoms with E-state index in [4.69, 9.17) is 9.47 Å². The normalized spacial score (nSPS) is 13.8. The fourth-order valence-electron chi connectivity index (χ4n) is 2.23. The van der Waals surface area contributed by atoms with Crippen LogP contribution in [-0.2, 0) is 13.6 Å². The maximum Gasteiger partial charge on any atom is 0.324 e. The number of aromatic nitrogens is 3. The van der Waals surface area contributed by atoms with Gasteiger partial charge in [0.05, 0.1) is 20.2 Å². The van der Waals surface area contributed by atoms with Crippen molar-refractivity contribution in [2.75, 3.05) is 25.6 Å². The van der Waals surface area contributed by atoms with Crippen molar-refractivity contribution < 1.29 is 14.3 Å². The topological polar surface area (TPSA) is 81.5 Å². The second-order valence-corrected chi connectivity index (χ2v) is 4.88. The van der Waals surface area contributed by atoms with E-state index in [-0.39, 0.29) is 6.03 Å². The minimum Gasteiger partial charge on any atom is -0.497 e. The minimum absolute atomic E-state index is 0.233. The standard InChI is InChI=1S/C14H17N5O3/c1-18-13(15-9-16-18)17-14(20)19-5-6-22-12-7-11(21-2)4-3-10(12)8-19/h3-4,7,9H,5-6,8H2,1-2H3,(H,15,16,17,20). The largest absolute Gasteiger partial charge is 0.497 e. The van der Waals surface area contributed by atoms with E-state index in [9.17, 15) is 4.79 Å². The summed E-state index contributed by atoms with van der Waals surface area (Å²) < 4.78 is 12.4. The van der Waals surface area contributed by atoms with Gasteiger partial charge in [0.1, 0.15) is 24.4 Å². The second-order valence-electron chi connectivity index (χ2n) is 4.88. The third kappa shape index (κ3) is 2.80. The van der Waals surface area contributed by atoms with Gasteiger partial charge in [-0.1, -0.05) is 0 Å². The first-order valence-corrected chi connectivity index (χ1v) is 6.87. The molecule has 0 atom stereocenters. The zero-order valence-electron chi connectivity index (χ0n) is 12.4. The van der Waals surface area contributed by atoms with Crippen LogP contribution in [0.1, 0.15) is 5.56 Å². The molecule has 0 bridgehead atoms. The first kappa shape index (κ1) is 14.2. The summed E-state index contributed by atoms with van der Waals surface area (Å²) in [7, 11) is 3.33. The van der Waals surface area contributed by atoms with Crippen LogP contribution in [0.4, 0.5) is 10.7 Å². The highest BCUT2D eigenvalue weighted by Gasteiger charge is 2.21. The van der Waals surface area contributed by atoms with Gasteiger partial charge in [0.25, 0.3) is 0 Å². The van der Waals surface area contributed by atoms with Gasteiger partial charge in [-0.05, 0) is 12.1 Å². The van der Waals surface area contributed by atoms with Crippen LogP contribution in [0.5, 0.6) is 11.5 Å². The molecule has 22 heavy (non-hydrogen) atoms. The first-order valence-electron chi connectivity index (χ1n) is 6.87. The number of ether oxygens (including phenoxy) is 2. The molecule has 1 aliphatic rings. The van der Waals surface area contributed by atoms with E-state index in [1.54, 1.807) is 19.1 Å². The number of hydrogen-bond donors (Lipinski definition) is 1. The average Bonchev–Trinajstić information content (AvgIpc) is 2.81. The van der Waals surface area contributed by atoms with Crippen LogP contribution in [0.15, 0.2) is 24.5 Å². The Hall–Kier alpha value is -2.77. The van der Waals surface area contributed by atoms with Gasteiger partial charge in [-0.25, -0.2) is 9.48 Å². The van der Waals surface area contributed by atoms with Crippen molar-refractivity contribution in [1.29, 1.82) is 0 Å². The lowest BCUT2D eigenvalue weighted by Gasteiger charge is -2.19. The van der Waals surface area contributed by atoms with Crippen molar-refractivity contribution in [1.82, 2.24) is 19.7 Å². The Morgan fingerprint density at radius 2 is 2.32 bits per heavy atom. The van der Waals surface area contributed by atoms with Crippen LogP contribution in [0.2, 0.25) is 0 Å². The number of nitrogens with one attached hydrogen (secondary N) is 1. The molecule has 0 radical (unpaired) electrons. The van der Waals surface area contributed by atoms with Crippen LogP contribution in [0.3, 0.4) is 0 Å². The minimum atomic E-state index is -0.233. The van der Waals surface area contributed by atoms with Crippen molar-refractivity contribution in [3.05, 3.63) is 30.1 Å². The van der Waals surface area contributed by atoms with Gasteiger partial charge in [-0.15, -0.1) is 0 Å². The quantitative estimate of drug-likeness (QED) is 0.903. The Morgan fingerprint density at radius 3 is 3.05 bits per heavy atom. The molecule has 0 saturated carbocycles. The van der Waals surface area contributed by atoms with Crippen LogP contribution in [0, 0.1) is 0 Å². The number of fused-ring (bicyclic) bond motifs is 1. The monoisotopic (exact) mass is 303 g/mol. The van der Waals surface area contributed by atoms with Gasteiger partial charge in [0.2, 0.25) is 5.95 Å². The Morgan fingerprint density at radius 1 is 1.45 bits per heavy atom. The van der Waals surface area contributed by atoms with Gasteiger partial charge in [0.15, 0.2) is 0 Å². The van der Waals surface area contributed by atoms with Crippen molar-refractivity contribution in [2.45, 2.75) is 6.54 Å². The number of hydrogen-bond acceptors (Lipinski definition) is 5. The lowest BCUT2D eigenvalue weighted by Crippen LogP contribution is -2.36. The Bertz CT molecular complexity index is 685. The van der Waals surface area contributed by atoms with Gasteiger partial charge in [0, 0.05) is 18.7 Å². The average molecular weight is 303 g/mol. The fourth-order valence-corrected chi connectivity index (χ4v) is 2.23. The highest BCUT2D eigenvalue weighted by atomic mass is 16.5. The van der Waals surface area contributed by atoms with Crippen LogP contribution < -0.4 is 14.8 Å². The SMILES string of the molecule is COc1ccc2c(c1)OCCN(C(=O)Nc1ncnn1C)C2. The van der Waals surface area contributed by atoms with Crippen molar-refractivity contribution in [2.24, 2.45) is 7.05 Å². The predicted octanol–water partition coefficient (Wildman–Crippen LogP) is 1.25. The molecule has 116 valence electrons. The van der Waals surface area contributed by atoms with E-state index in [1.807, 2.05) is 18.2 Å². The molecule has 1 aromatic carbocycles. The number of nitrogens with zero attached hydrogens (tertiary/aromatic N) is 4. The summed E-state index contributed by atoms with van der Waals surface area (Å²) in [6.45, 7) is 1.37. The van der Waals surface area contributed by atoms with Crippen molar-refractivity contribution in [3.63, 3.8) is 0 Å². The van der Waals surface area contributed by atoms with Crippen LogP contribution in [0.25, 0.3) is 0 Å². The third-order valence-corrected chi connectivity index (χ3v) is 3.47. The molecule has 1 aliphatic heterocycles. The van der Waals surface area contributed by atoms with Crippen LogP contribution in [-0.4, -0.2) is 46.0 Å². The van der Waals surface area contributed by atoms with E-state index in [1.165, 1.54) is 11.0 Å². The molecule has 1 aromatic heterocycles. The first-order chi connectivity index (χ1) is 10.7. The van der Waals surface area contributed by atoms with Gasteiger partial charge < -0.3 is 14.4 Å². The highest BCUT2D eigenvalue weighted by Crippen LogP contribution is 2.27. The van der Waals surface area contributed by atoms with Crippen molar-refractivity contribution >= 4 is 12.0 Å². The lowest BCUT2D eigenvalue weighted by atomic mass is 10.2. The molecule has 0 fully saturated rings. The molecule has 8 heteroatoms. The third-order valence-electron chi connectivity index (χ3n) is 3.47. The molecule has 2 aromatic rings. The van der Waals surface area contributed by atoms with E-state index < -0.39 is 0 Å². The number of benzene rings is 1. The van der Waals surface area contributed by atoms with Gasteiger partial charge in [-0.2, -0.15) is 10.1 Å². The molecule has 0 saturated heterocycles. The van der Waals surface area contributed by atoms with E-state index in [0.717, 1.165) is 17.1 Å². The molecular weight excluding hydrogens is 286 g/mol. The number of carbonyl (C=O) groups is 1. The highest BCUT2D eigenvalue weighted by molar-refractivity contribution is 5.87. The number of methoxy groups -OCH3 is 1. The molecular formula is C14H17N5O3. The zero-order valence-corrected chi connectivity index (χ0v) is 12.4. The van der Waals surface area contributed by atoms with Gasteiger partial charge >= 0.3 is 6.03 Å². The Kier molecular flexibility index (Phi) is 3.82. The summed E-state index contributed by atoms with van der Waals surface area (Å²) in [6.07, 6.45) is 1.39. The van der Waals surface area contributed by atoms with E-state index in [0.29, 0.717) is 25.6 Å². The number of amides is 2.